The van der Waals surface area contributed by atoms with E-state index in [-0.39, 0.29) is 11.9 Å². The van der Waals surface area contributed by atoms with Crippen molar-refractivity contribution < 1.29 is 4.79 Å². The van der Waals surface area contributed by atoms with Crippen molar-refractivity contribution in [2.45, 2.75) is 38.3 Å². The Hall–Kier alpha value is -0.610. The van der Waals surface area contributed by atoms with Gasteiger partial charge in [0.2, 0.25) is 5.91 Å². The molecule has 0 aromatic rings. The molecule has 82 valence electrons. The summed E-state index contributed by atoms with van der Waals surface area (Å²) in [5, 5.41) is 3.34. The summed E-state index contributed by atoms with van der Waals surface area (Å²) in [6.07, 6.45) is 3.14. The van der Waals surface area contributed by atoms with E-state index in [1.165, 1.54) is 6.42 Å². The molecule has 0 aromatic heterocycles. The van der Waals surface area contributed by atoms with Gasteiger partial charge in [0.25, 0.3) is 0 Å². The average molecular weight is 199 g/mol. The number of nitrogens with two attached hydrogens (primary N) is 1. The summed E-state index contributed by atoms with van der Waals surface area (Å²) in [5.74, 6) is -0.208. The number of hydrogen-bond donors (Lipinski definition) is 2. The molecule has 1 rings (SSSR count). The predicted octanol–water partition coefficient (Wildman–Crippen LogP) is -0.0659. The van der Waals surface area contributed by atoms with Gasteiger partial charge in [-0.2, -0.15) is 0 Å². The standard InChI is InChI=1S/C10H21N3O/c1-3-9(10(11)14)13(2)8-5-4-6-12-7-8/h8-9,12H,3-7H2,1-2H3,(H2,11,14). The molecular weight excluding hydrogens is 178 g/mol. The highest BCUT2D eigenvalue weighted by molar-refractivity contribution is 5.79. The van der Waals surface area contributed by atoms with Crippen molar-refractivity contribution in [2.75, 3.05) is 20.1 Å². The van der Waals surface area contributed by atoms with Crippen molar-refractivity contribution in [3.05, 3.63) is 0 Å². The van der Waals surface area contributed by atoms with Crippen molar-refractivity contribution in [3.8, 4) is 0 Å². The summed E-state index contributed by atoms with van der Waals surface area (Å²) in [4.78, 5) is 13.3. The van der Waals surface area contributed by atoms with Crippen LogP contribution in [0.1, 0.15) is 26.2 Å². The van der Waals surface area contributed by atoms with Gasteiger partial charge in [-0.05, 0) is 32.9 Å². The molecule has 1 fully saturated rings. The number of rotatable bonds is 4. The van der Waals surface area contributed by atoms with Crippen molar-refractivity contribution >= 4 is 5.91 Å². The summed E-state index contributed by atoms with van der Waals surface area (Å²) in [5.41, 5.74) is 5.35. The minimum Gasteiger partial charge on any atom is -0.368 e. The van der Waals surface area contributed by atoms with Crippen LogP contribution in [0.15, 0.2) is 0 Å². The third-order valence-electron chi connectivity index (χ3n) is 3.05. The average Bonchev–Trinajstić information content (AvgIpc) is 2.19. The Balaban J connectivity index is 2.51. The SMILES string of the molecule is CCC(C(N)=O)N(C)C1CCCNC1. The lowest BCUT2D eigenvalue weighted by Crippen LogP contribution is -2.52. The number of primary amides is 1. The fourth-order valence-corrected chi connectivity index (χ4v) is 2.13. The zero-order valence-electron chi connectivity index (χ0n) is 9.12. The number of nitrogens with one attached hydrogen (secondary N) is 1. The summed E-state index contributed by atoms with van der Waals surface area (Å²) < 4.78 is 0. The van der Waals surface area contributed by atoms with E-state index in [4.69, 9.17) is 5.73 Å². The zero-order valence-corrected chi connectivity index (χ0v) is 9.12. The topological polar surface area (TPSA) is 58.4 Å². The van der Waals surface area contributed by atoms with Gasteiger partial charge in [-0.3, -0.25) is 9.69 Å². The Labute approximate surface area is 85.8 Å². The molecule has 4 heteroatoms. The highest BCUT2D eigenvalue weighted by atomic mass is 16.1. The first-order valence-electron chi connectivity index (χ1n) is 5.38. The minimum atomic E-state index is -0.208. The van der Waals surface area contributed by atoms with Crippen molar-refractivity contribution in [3.63, 3.8) is 0 Å². The van der Waals surface area contributed by atoms with Gasteiger partial charge in [-0.1, -0.05) is 6.92 Å². The molecule has 2 atom stereocenters. The molecule has 3 N–H and O–H groups in total. The lowest BCUT2D eigenvalue weighted by Gasteiger charge is -2.35. The third-order valence-corrected chi connectivity index (χ3v) is 3.05. The molecule has 14 heavy (non-hydrogen) atoms. The molecule has 0 aromatic carbocycles. The van der Waals surface area contributed by atoms with Gasteiger partial charge in [0.1, 0.15) is 0 Å². The number of carbonyl (C=O) groups is 1. The molecule has 1 saturated heterocycles. The first kappa shape index (κ1) is 11.5. The maximum Gasteiger partial charge on any atom is 0.234 e. The fraction of sp³-hybridized carbons (Fsp3) is 0.900. The van der Waals surface area contributed by atoms with E-state index in [2.05, 4.69) is 10.2 Å². The minimum absolute atomic E-state index is 0.111. The third kappa shape index (κ3) is 2.69. The number of likely N-dealkylation sites (N-methyl/N-ethyl adjacent to an activating group) is 1. The first-order valence-corrected chi connectivity index (χ1v) is 5.38. The van der Waals surface area contributed by atoms with Gasteiger partial charge >= 0.3 is 0 Å². The van der Waals surface area contributed by atoms with Crippen LogP contribution in [0.2, 0.25) is 0 Å². The summed E-state index contributed by atoms with van der Waals surface area (Å²) in [6.45, 7) is 4.07. The van der Waals surface area contributed by atoms with E-state index in [1.54, 1.807) is 0 Å². The van der Waals surface area contributed by atoms with Crippen LogP contribution < -0.4 is 11.1 Å². The Bertz CT molecular complexity index is 190. The first-order chi connectivity index (χ1) is 6.66. The predicted molar refractivity (Wildman–Crippen MR) is 56.9 cm³/mol. The number of hydrogen-bond acceptors (Lipinski definition) is 3. The fourth-order valence-electron chi connectivity index (χ4n) is 2.13. The molecule has 0 spiro atoms. The van der Waals surface area contributed by atoms with Gasteiger partial charge in [0, 0.05) is 12.6 Å². The highest BCUT2D eigenvalue weighted by Gasteiger charge is 2.26. The number of amides is 1. The van der Waals surface area contributed by atoms with Crippen LogP contribution in [0.4, 0.5) is 0 Å². The molecule has 1 heterocycles. The van der Waals surface area contributed by atoms with Gasteiger partial charge in [0.05, 0.1) is 6.04 Å². The van der Waals surface area contributed by atoms with E-state index in [0.717, 1.165) is 25.9 Å². The zero-order chi connectivity index (χ0) is 10.6. The Kier molecular flexibility index (Phi) is 4.35. The van der Waals surface area contributed by atoms with Crippen LogP contribution >= 0.6 is 0 Å². The summed E-state index contributed by atoms with van der Waals surface area (Å²) in [7, 11) is 2.00. The van der Waals surface area contributed by atoms with Crippen LogP contribution in [0.3, 0.4) is 0 Å². The monoisotopic (exact) mass is 199 g/mol. The highest BCUT2D eigenvalue weighted by Crippen LogP contribution is 2.13. The van der Waals surface area contributed by atoms with E-state index in [9.17, 15) is 4.79 Å². The van der Waals surface area contributed by atoms with Crippen molar-refractivity contribution in [1.29, 1.82) is 0 Å². The molecule has 0 radical (unpaired) electrons. The molecule has 0 saturated carbocycles. The lowest BCUT2D eigenvalue weighted by molar-refractivity contribution is -0.123. The second kappa shape index (κ2) is 5.32. The lowest BCUT2D eigenvalue weighted by atomic mass is 10.0. The second-order valence-corrected chi connectivity index (χ2v) is 3.99. The van der Waals surface area contributed by atoms with Crippen LogP contribution in [0.5, 0.6) is 0 Å². The van der Waals surface area contributed by atoms with E-state index >= 15 is 0 Å². The smallest absolute Gasteiger partial charge is 0.234 e. The van der Waals surface area contributed by atoms with Gasteiger partial charge in [-0.15, -0.1) is 0 Å². The van der Waals surface area contributed by atoms with E-state index < -0.39 is 0 Å². The second-order valence-electron chi connectivity index (χ2n) is 3.99. The molecule has 1 aliphatic rings. The maximum absolute atomic E-state index is 11.2. The van der Waals surface area contributed by atoms with Gasteiger partial charge in [0.15, 0.2) is 0 Å². The van der Waals surface area contributed by atoms with Gasteiger partial charge < -0.3 is 11.1 Å². The van der Waals surface area contributed by atoms with E-state index in [0.29, 0.717) is 6.04 Å². The van der Waals surface area contributed by atoms with Crippen molar-refractivity contribution in [1.82, 2.24) is 10.2 Å². The van der Waals surface area contributed by atoms with Crippen LogP contribution in [0.25, 0.3) is 0 Å². The molecule has 2 unspecified atom stereocenters. The van der Waals surface area contributed by atoms with Crippen LogP contribution in [0, 0.1) is 0 Å². The van der Waals surface area contributed by atoms with Crippen molar-refractivity contribution in [2.24, 2.45) is 5.73 Å². The molecular formula is C10H21N3O. The molecule has 4 nitrogen and oxygen atoms in total. The summed E-state index contributed by atoms with van der Waals surface area (Å²) in [6, 6.07) is 0.348. The molecule has 0 aliphatic carbocycles. The Morgan fingerprint density at radius 1 is 1.71 bits per heavy atom. The Morgan fingerprint density at radius 2 is 2.43 bits per heavy atom. The Morgan fingerprint density at radius 3 is 2.86 bits per heavy atom. The normalized spacial score (nSPS) is 24.9. The molecule has 1 aliphatic heterocycles. The summed E-state index contributed by atoms with van der Waals surface area (Å²) >= 11 is 0. The molecule has 1 amide bonds. The largest absolute Gasteiger partial charge is 0.368 e. The van der Waals surface area contributed by atoms with E-state index in [1.807, 2.05) is 14.0 Å². The quantitative estimate of drug-likeness (QED) is 0.666. The molecule has 0 bridgehead atoms. The van der Waals surface area contributed by atoms with Gasteiger partial charge in [-0.25, -0.2) is 0 Å². The maximum atomic E-state index is 11.2. The number of carbonyl (C=O) groups excluding carboxylic acids is 1. The van der Waals surface area contributed by atoms with Crippen LogP contribution in [-0.2, 0) is 4.79 Å². The number of piperidine rings is 1. The number of nitrogens with zero attached hydrogens (tertiary/aromatic N) is 1. The van der Waals surface area contributed by atoms with Crippen LogP contribution in [-0.4, -0.2) is 43.0 Å².